The molecule has 3 heterocycles. The third-order valence-electron chi connectivity index (χ3n) is 5.94. The molecule has 176 valence electrons. The molecule has 1 aliphatic rings. The maximum absolute atomic E-state index is 12.7. The van der Waals surface area contributed by atoms with Gasteiger partial charge in [-0.05, 0) is 43.3 Å². The molecule has 0 saturated carbocycles. The number of amides is 1. The van der Waals surface area contributed by atoms with Crippen LogP contribution in [0.25, 0.3) is 11.3 Å². The molecule has 10 nitrogen and oxygen atoms in total. The minimum Gasteiger partial charge on any atom is -0.368 e. The van der Waals surface area contributed by atoms with Crippen LogP contribution in [0, 0.1) is 5.41 Å². The summed E-state index contributed by atoms with van der Waals surface area (Å²) < 4.78 is 1.59. The van der Waals surface area contributed by atoms with Gasteiger partial charge in [-0.2, -0.15) is 0 Å². The fraction of sp³-hybridized carbons (Fsp3) is 0.292. The molecule has 1 aromatic carbocycles. The number of nitrogens with one attached hydrogen (secondary N) is 2. The van der Waals surface area contributed by atoms with E-state index in [1.165, 1.54) is 0 Å². The van der Waals surface area contributed by atoms with Crippen molar-refractivity contribution < 1.29 is 4.79 Å². The Labute approximate surface area is 197 Å². The Balaban J connectivity index is 1.50. The lowest BCUT2D eigenvalue weighted by molar-refractivity contribution is -0.118. The summed E-state index contributed by atoms with van der Waals surface area (Å²) in [5.41, 5.74) is 8.32. The van der Waals surface area contributed by atoms with E-state index in [0.29, 0.717) is 23.8 Å². The van der Waals surface area contributed by atoms with Crippen LogP contribution in [-0.2, 0) is 11.8 Å². The van der Waals surface area contributed by atoms with E-state index in [0.717, 1.165) is 24.3 Å². The molecule has 2 aromatic heterocycles. The van der Waals surface area contributed by atoms with E-state index in [9.17, 15) is 9.59 Å². The van der Waals surface area contributed by atoms with Gasteiger partial charge < -0.3 is 20.9 Å². The van der Waals surface area contributed by atoms with Gasteiger partial charge in [0.1, 0.15) is 5.84 Å². The van der Waals surface area contributed by atoms with E-state index in [1.54, 1.807) is 30.1 Å². The third kappa shape index (κ3) is 4.81. The quantitative estimate of drug-likeness (QED) is 0.381. The molecule has 1 saturated heterocycles. The Bertz CT molecular complexity index is 1240. The average molecular weight is 461 g/mol. The molecule has 0 spiro atoms. The van der Waals surface area contributed by atoms with Crippen molar-refractivity contribution in [2.45, 2.75) is 13.0 Å². The first-order chi connectivity index (χ1) is 16.4. The maximum atomic E-state index is 12.7. The highest BCUT2D eigenvalue weighted by Gasteiger charge is 2.27. The fourth-order valence-electron chi connectivity index (χ4n) is 4.05. The largest absolute Gasteiger partial charge is 0.368 e. The number of hydrogen-bond donors (Lipinski definition) is 3. The van der Waals surface area contributed by atoms with Crippen LogP contribution < -0.4 is 26.4 Å². The molecule has 0 unspecified atom stereocenters. The first-order valence-corrected chi connectivity index (χ1v) is 11.1. The highest BCUT2D eigenvalue weighted by molar-refractivity contribution is 6.06. The maximum Gasteiger partial charge on any atom is 0.255 e. The predicted molar refractivity (Wildman–Crippen MR) is 132 cm³/mol. The number of nitrogens with zero attached hydrogens (tertiary/aromatic N) is 5. The average Bonchev–Trinajstić information content (AvgIpc) is 2.86. The van der Waals surface area contributed by atoms with Crippen molar-refractivity contribution in [1.29, 1.82) is 5.41 Å². The second-order valence-corrected chi connectivity index (χ2v) is 8.24. The van der Waals surface area contributed by atoms with Crippen LogP contribution in [0.2, 0.25) is 0 Å². The number of nitrogens with two attached hydrogens (primary N) is 1. The van der Waals surface area contributed by atoms with Gasteiger partial charge in [0, 0.05) is 68.0 Å². The summed E-state index contributed by atoms with van der Waals surface area (Å²) in [4.78, 5) is 37.4. The number of rotatable bonds is 5. The Morgan fingerprint density at radius 1 is 1.18 bits per heavy atom. The summed E-state index contributed by atoms with van der Waals surface area (Å²) >= 11 is 0. The Hall–Kier alpha value is -4.05. The van der Waals surface area contributed by atoms with E-state index in [4.69, 9.17) is 16.1 Å². The van der Waals surface area contributed by atoms with Crippen molar-refractivity contribution in [3.63, 3.8) is 0 Å². The molecule has 1 atom stereocenters. The van der Waals surface area contributed by atoms with E-state index in [-0.39, 0.29) is 24.0 Å². The Morgan fingerprint density at radius 3 is 2.53 bits per heavy atom. The molecule has 34 heavy (non-hydrogen) atoms. The zero-order valence-electron chi connectivity index (χ0n) is 19.2. The highest BCUT2D eigenvalue weighted by Crippen LogP contribution is 2.24. The molecule has 0 aliphatic carbocycles. The molecule has 1 aliphatic heterocycles. The zero-order valence-corrected chi connectivity index (χ0v) is 19.2. The molecule has 4 rings (SSSR count). The smallest absolute Gasteiger partial charge is 0.255 e. The number of benzene rings is 1. The van der Waals surface area contributed by atoms with Crippen LogP contribution in [0.5, 0.6) is 0 Å². The second kappa shape index (κ2) is 9.84. The lowest BCUT2D eigenvalue weighted by atomic mass is 10.1. The molecule has 1 fully saturated rings. The SMILES string of the molecule is C[C@@H]1CN(c2ccc(C(=N)NC(=O)CN)cc2)CCN1c1nc(-c2ccncc2)cc(=O)n1C. The molecule has 1 amide bonds. The highest BCUT2D eigenvalue weighted by atomic mass is 16.2. The summed E-state index contributed by atoms with van der Waals surface area (Å²) in [6.07, 6.45) is 3.38. The zero-order chi connectivity index (χ0) is 24.2. The van der Waals surface area contributed by atoms with Crippen LogP contribution in [-0.4, -0.2) is 58.5 Å². The summed E-state index contributed by atoms with van der Waals surface area (Å²) in [6, 6.07) is 12.9. The third-order valence-corrected chi connectivity index (χ3v) is 5.94. The minimum atomic E-state index is -0.393. The first-order valence-electron chi connectivity index (χ1n) is 11.1. The number of amidine groups is 1. The van der Waals surface area contributed by atoms with E-state index in [2.05, 4.69) is 27.0 Å². The summed E-state index contributed by atoms with van der Waals surface area (Å²) in [6.45, 7) is 4.15. The second-order valence-electron chi connectivity index (χ2n) is 8.24. The van der Waals surface area contributed by atoms with Gasteiger partial charge in [0.05, 0.1) is 12.2 Å². The standard InChI is InChI=1S/C24H28N8O2/c1-16-15-31(19-5-3-18(4-6-19)23(26)29-21(33)14-25)11-12-32(16)24-28-20(13-22(34)30(24)2)17-7-9-27-10-8-17/h3-10,13,16H,11-12,14-15,25H2,1-2H3,(H2,26,29,33)/t16-/m1/s1. The van der Waals surface area contributed by atoms with E-state index < -0.39 is 5.91 Å². The molecular weight excluding hydrogens is 432 g/mol. The van der Waals surface area contributed by atoms with Gasteiger partial charge >= 0.3 is 0 Å². The Kier molecular flexibility index (Phi) is 6.69. The van der Waals surface area contributed by atoms with Crippen LogP contribution in [0.3, 0.4) is 0 Å². The molecule has 0 bridgehead atoms. The van der Waals surface area contributed by atoms with Crippen molar-refractivity contribution in [3.8, 4) is 11.3 Å². The molecule has 10 heteroatoms. The molecule has 4 N–H and O–H groups in total. The van der Waals surface area contributed by atoms with Gasteiger partial charge in [-0.25, -0.2) is 4.98 Å². The van der Waals surface area contributed by atoms with Crippen LogP contribution in [0.4, 0.5) is 11.6 Å². The van der Waals surface area contributed by atoms with Crippen molar-refractivity contribution in [2.75, 3.05) is 36.0 Å². The lowest BCUT2D eigenvalue weighted by Crippen LogP contribution is -2.53. The molecule has 0 radical (unpaired) electrons. The predicted octanol–water partition coefficient (Wildman–Crippen LogP) is 0.958. The molecule has 3 aromatic rings. The van der Waals surface area contributed by atoms with Gasteiger partial charge in [-0.15, -0.1) is 0 Å². The monoisotopic (exact) mass is 460 g/mol. The number of piperazine rings is 1. The van der Waals surface area contributed by atoms with Gasteiger partial charge in [-0.3, -0.25) is 24.5 Å². The topological polar surface area (TPSA) is 133 Å². The van der Waals surface area contributed by atoms with Gasteiger partial charge in [0.2, 0.25) is 11.9 Å². The fourth-order valence-corrected chi connectivity index (χ4v) is 4.05. The normalized spacial score (nSPS) is 15.8. The van der Waals surface area contributed by atoms with Crippen molar-refractivity contribution in [1.82, 2.24) is 19.9 Å². The summed E-state index contributed by atoms with van der Waals surface area (Å²) in [5, 5.41) is 10.5. The number of anilines is 2. The van der Waals surface area contributed by atoms with Gasteiger partial charge in [0.25, 0.3) is 5.56 Å². The summed E-state index contributed by atoms with van der Waals surface area (Å²) in [7, 11) is 1.75. The van der Waals surface area contributed by atoms with E-state index >= 15 is 0 Å². The lowest BCUT2D eigenvalue weighted by Gasteiger charge is -2.42. The van der Waals surface area contributed by atoms with Crippen LogP contribution in [0.15, 0.2) is 59.7 Å². The van der Waals surface area contributed by atoms with Crippen LogP contribution in [0.1, 0.15) is 12.5 Å². The van der Waals surface area contributed by atoms with Gasteiger partial charge in [-0.1, -0.05) is 0 Å². The number of pyridine rings is 1. The Morgan fingerprint density at radius 2 is 1.88 bits per heavy atom. The van der Waals surface area contributed by atoms with Crippen molar-refractivity contribution >= 4 is 23.4 Å². The van der Waals surface area contributed by atoms with Crippen LogP contribution >= 0.6 is 0 Å². The number of carbonyl (C=O) groups excluding carboxylic acids is 1. The van der Waals surface area contributed by atoms with E-state index in [1.807, 2.05) is 36.4 Å². The molecular formula is C24H28N8O2. The minimum absolute atomic E-state index is 0.0289. The first kappa shape index (κ1) is 23.1. The number of carbonyl (C=O) groups is 1. The summed E-state index contributed by atoms with van der Waals surface area (Å²) in [5.74, 6) is 0.280. The van der Waals surface area contributed by atoms with Crippen molar-refractivity contribution in [2.24, 2.45) is 12.8 Å². The van der Waals surface area contributed by atoms with Crippen molar-refractivity contribution in [3.05, 3.63) is 70.8 Å². The number of hydrogen-bond acceptors (Lipinski definition) is 8. The van der Waals surface area contributed by atoms with Gasteiger partial charge in [0.15, 0.2) is 0 Å². The number of aromatic nitrogens is 3.